The minimum absolute atomic E-state index is 0.0789. The molecule has 1 aliphatic heterocycles. The van der Waals surface area contributed by atoms with E-state index >= 15 is 0 Å². The number of carbonyl (C=O) groups is 2. The molecule has 7 heteroatoms. The molecule has 2 rings (SSSR count). The molecule has 0 aliphatic carbocycles. The molecular weight excluding hydrogens is 323 g/mol. The molecule has 0 bridgehead atoms. The molecular formula is C16H20ClFN2O3. The largest absolute Gasteiger partial charge is 0.371 e. The maximum Gasteiger partial charge on any atom is 0.252 e. The zero-order chi connectivity index (χ0) is 17.0. The molecule has 0 N–H and O–H groups in total. The van der Waals surface area contributed by atoms with E-state index in [2.05, 4.69) is 0 Å². The van der Waals surface area contributed by atoms with Crippen LogP contribution in [0.3, 0.4) is 0 Å². The van der Waals surface area contributed by atoms with Crippen LogP contribution in [0.15, 0.2) is 18.2 Å². The molecule has 1 fully saturated rings. The third kappa shape index (κ3) is 4.42. The summed E-state index contributed by atoms with van der Waals surface area (Å²) in [6.45, 7) is 3.71. The van der Waals surface area contributed by atoms with Crippen LogP contribution in [-0.2, 0) is 14.3 Å². The number of ether oxygens (including phenoxy) is 1. The molecule has 23 heavy (non-hydrogen) atoms. The smallest absolute Gasteiger partial charge is 0.252 e. The van der Waals surface area contributed by atoms with E-state index in [1.165, 1.54) is 20.1 Å². The number of rotatable bonds is 5. The van der Waals surface area contributed by atoms with E-state index in [0.717, 1.165) is 5.69 Å². The minimum atomic E-state index is -0.723. The Morgan fingerprint density at radius 2 is 1.96 bits per heavy atom. The summed E-state index contributed by atoms with van der Waals surface area (Å²) in [4.78, 5) is 27.3. The van der Waals surface area contributed by atoms with Crippen LogP contribution in [0.5, 0.6) is 0 Å². The summed E-state index contributed by atoms with van der Waals surface area (Å²) in [5.74, 6) is -0.694. The van der Waals surface area contributed by atoms with Gasteiger partial charge >= 0.3 is 0 Å². The van der Waals surface area contributed by atoms with Gasteiger partial charge in [0.05, 0.1) is 5.02 Å². The summed E-state index contributed by atoms with van der Waals surface area (Å²) in [5, 5.41) is 0.0851. The summed E-state index contributed by atoms with van der Waals surface area (Å²) in [6.07, 6.45) is -0.636. The summed E-state index contributed by atoms with van der Waals surface area (Å²) < 4.78 is 18.4. The monoisotopic (exact) mass is 342 g/mol. The van der Waals surface area contributed by atoms with Crippen LogP contribution >= 0.6 is 11.6 Å². The Hall–Kier alpha value is -1.66. The number of benzene rings is 1. The van der Waals surface area contributed by atoms with Crippen LogP contribution < -0.4 is 4.90 Å². The summed E-state index contributed by atoms with van der Waals surface area (Å²) in [7, 11) is 1.43. The van der Waals surface area contributed by atoms with E-state index in [0.29, 0.717) is 26.2 Å². The molecule has 5 nitrogen and oxygen atoms in total. The molecule has 0 saturated carbocycles. The number of piperazine rings is 1. The highest BCUT2D eigenvalue weighted by Crippen LogP contribution is 2.23. The van der Waals surface area contributed by atoms with E-state index < -0.39 is 11.9 Å². The van der Waals surface area contributed by atoms with Gasteiger partial charge in [-0.15, -0.1) is 0 Å². The second-order valence-electron chi connectivity index (χ2n) is 5.54. The number of hydrogen-bond acceptors (Lipinski definition) is 4. The van der Waals surface area contributed by atoms with E-state index in [4.69, 9.17) is 16.3 Å². The predicted octanol–water partition coefficient (Wildman–Crippen LogP) is 2.12. The number of Topliss-reactive ketones (excluding diaryl/α,β-unsaturated/α-hetero) is 1. The number of nitrogens with zero attached hydrogens (tertiary/aromatic N) is 2. The molecule has 1 atom stereocenters. The standard InChI is InChI=1S/C16H20ClFN2O3/c1-11(21)9-15(23-2)16(22)20-7-5-19(6-8-20)12-3-4-14(18)13(17)10-12/h3-4,10,15H,5-9H2,1-2H3. The van der Waals surface area contributed by atoms with Crippen LogP contribution in [0, 0.1) is 5.82 Å². The molecule has 0 radical (unpaired) electrons. The minimum Gasteiger partial charge on any atom is -0.371 e. The Bertz CT molecular complexity index is 589. The SMILES string of the molecule is COC(CC(C)=O)C(=O)N1CCN(c2ccc(F)c(Cl)c2)CC1. The van der Waals surface area contributed by atoms with Crippen molar-refractivity contribution in [3.63, 3.8) is 0 Å². The lowest BCUT2D eigenvalue weighted by atomic mass is 10.1. The average molecular weight is 343 g/mol. The van der Waals surface area contributed by atoms with Gasteiger partial charge in [-0.05, 0) is 25.1 Å². The molecule has 1 saturated heterocycles. The molecule has 1 heterocycles. The number of halogens is 2. The molecule has 1 aromatic rings. The highest BCUT2D eigenvalue weighted by Gasteiger charge is 2.28. The fourth-order valence-electron chi connectivity index (χ4n) is 2.60. The van der Waals surface area contributed by atoms with Crippen molar-refractivity contribution >= 4 is 29.0 Å². The third-order valence-electron chi connectivity index (χ3n) is 3.89. The lowest BCUT2D eigenvalue weighted by Crippen LogP contribution is -2.52. The van der Waals surface area contributed by atoms with Crippen molar-refractivity contribution in [3.8, 4) is 0 Å². The van der Waals surface area contributed by atoms with Gasteiger partial charge in [-0.2, -0.15) is 0 Å². The Balaban J connectivity index is 1.96. The Morgan fingerprint density at radius 3 is 2.48 bits per heavy atom. The van der Waals surface area contributed by atoms with Crippen molar-refractivity contribution in [2.24, 2.45) is 0 Å². The Morgan fingerprint density at radius 1 is 1.30 bits per heavy atom. The first-order chi connectivity index (χ1) is 10.9. The second kappa shape index (κ2) is 7.75. The maximum absolute atomic E-state index is 13.2. The van der Waals surface area contributed by atoms with Gasteiger partial charge in [0.1, 0.15) is 17.7 Å². The quantitative estimate of drug-likeness (QED) is 0.822. The summed E-state index contributed by atoms with van der Waals surface area (Å²) in [5.41, 5.74) is 0.829. The van der Waals surface area contributed by atoms with Gasteiger partial charge < -0.3 is 14.5 Å². The van der Waals surface area contributed by atoms with Crippen molar-refractivity contribution in [1.29, 1.82) is 0 Å². The van der Waals surface area contributed by atoms with Crippen molar-refractivity contribution in [3.05, 3.63) is 29.0 Å². The Labute approximate surface area is 140 Å². The second-order valence-corrected chi connectivity index (χ2v) is 5.95. The Kier molecular flexibility index (Phi) is 5.96. The van der Waals surface area contributed by atoms with Gasteiger partial charge in [-0.25, -0.2) is 4.39 Å². The number of amides is 1. The van der Waals surface area contributed by atoms with Gasteiger partial charge in [-0.3, -0.25) is 9.59 Å². The molecule has 1 unspecified atom stereocenters. The predicted molar refractivity (Wildman–Crippen MR) is 86.3 cm³/mol. The highest BCUT2D eigenvalue weighted by atomic mass is 35.5. The number of anilines is 1. The zero-order valence-electron chi connectivity index (χ0n) is 13.2. The number of hydrogen-bond donors (Lipinski definition) is 0. The van der Waals surface area contributed by atoms with Gasteiger partial charge in [-0.1, -0.05) is 11.6 Å². The number of carbonyl (C=O) groups excluding carboxylic acids is 2. The van der Waals surface area contributed by atoms with Gasteiger partial charge in [0.25, 0.3) is 5.91 Å². The van der Waals surface area contributed by atoms with Gasteiger partial charge in [0.15, 0.2) is 0 Å². The van der Waals surface area contributed by atoms with Crippen molar-refractivity contribution < 1.29 is 18.7 Å². The normalized spacial score (nSPS) is 16.3. The van der Waals surface area contributed by atoms with Crippen LogP contribution in [0.25, 0.3) is 0 Å². The molecule has 1 aliphatic rings. The first-order valence-electron chi connectivity index (χ1n) is 7.43. The van der Waals surface area contributed by atoms with Crippen molar-refractivity contribution in [2.75, 3.05) is 38.2 Å². The fourth-order valence-corrected chi connectivity index (χ4v) is 2.78. The van der Waals surface area contributed by atoms with E-state index in [1.807, 2.05) is 4.90 Å². The van der Waals surface area contributed by atoms with E-state index in [9.17, 15) is 14.0 Å². The summed E-state index contributed by atoms with van der Waals surface area (Å²) >= 11 is 5.81. The van der Waals surface area contributed by atoms with Crippen LogP contribution in [0.1, 0.15) is 13.3 Å². The lowest BCUT2D eigenvalue weighted by molar-refractivity contribution is -0.144. The van der Waals surface area contributed by atoms with Crippen molar-refractivity contribution in [2.45, 2.75) is 19.4 Å². The van der Waals surface area contributed by atoms with Gasteiger partial charge in [0, 0.05) is 45.4 Å². The van der Waals surface area contributed by atoms with E-state index in [1.54, 1.807) is 17.0 Å². The maximum atomic E-state index is 13.2. The fraction of sp³-hybridized carbons (Fsp3) is 0.500. The lowest BCUT2D eigenvalue weighted by Gasteiger charge is -2.37. The summed E-state index contributed by atoms with van der Waals surface area (Å²) in [6, 6.07) is 4.59. The third-order valence-corrected chi connectivity index (χ3v) is 4.18. The number of methoxy groups -OCH3 is 1. The number of ketones is 1. The highest BCUT2D eigenvalue weighted by molar-refractivity contribution is 6.31. The molecule has 126 valence electrons. The van der Waals surface area contributed by atoms with E-state index in [-0.39, 0.29) is 23.1 Å². The first kappa shape index (κ1) is 17.7. The van der Waals surface area contributed by atoms with Crippen LogP contribution in [0.2, 0.25) is 5.02 Å². The first-order valence-corrected chi connectivity index (χ1v) is 7.81. The van der Waals surface area contributed by atoms with Crippen LogP contribution in [0.4, 0.5) is 10.1 Å². The molecule has 1 aromatic carbocycles. The van der Waals surface area contributed by atoms with Crippen molar-refractivity contribution in [1.82, 2.24) is 4.90 Å². The molecule has 0 spiro atoms. The average Bonchev–Trinajstić information content (AvgIpc) is 2.54. The topological polar surface area (TPSA) is 49.9 Å². The van der Waals surface area contributed by atoms with Crippen LogP contribution in [-0.4, -0.2) is 56.0 Å². The zero-order valence-corrected chi connectivity index (χ0v) is 14.0. The molecule has 0 aromatic heterocycles. The van der Waals surface area contributed by atoms with Gasteiger partial charge in [0.2, 0.25) is 0 Å². The molecule has 1 amide bonds.